The number of aromatic hydroxyl groups is 1. The number of carbonyl (C=O) groups is 3. The third kappa shape index (κ3) is 3.12. The highest BCUT2D eigenvalue weighted by atomic mass is 16.5. The van der Waals surface area contributed by atoms with Crippen LogP contribution in [0, 0.1) is 24.7 Å². The van der Waals surface area contributed by atoms with Gasteiger partial charge < -0.3 is 14.9 Å². The van der Waals surface area contributed by atoms with E-state index >= 15 is 0 Å². The minimum atomic E-state index is -1.68. The summed E-state index contributed by atoms with van der Waals surface area (Å²) in [5, 5.41) is 24.4. The summed E-state index contributed by atoms with van der Waals surface area (Å²) >= 11 is 0. The quantitative estimate of drug-likeness (QED) is 0.577. The number of ether oxygens (including phenoxy) is 1. The Kier molecular flexibility index (Phi) is 5.66. The number of aliphatic carboxylic acids is 1. The average Bonchev–Trinajstić information content (AvgIpc) is 3.28. The molecule has 0 saturated carbocycles. The van der Waals surface area contributed by atoms with E-state index in [2.05, 4.69) is 5.32 Å². The lowest BCUT2D eigenvalue weighted by molar-refractivity contribution is -0.151. The number of benzene rings is 2. The molecule has 2 saturated heterocycles. The van der Waals surface area contributed by atoms with Gasteiger partial charge in [-0.2, -0.15) is 0 Å². The number of hydrogen-bond acceptors (Lipinski definition) is 6. The van der Waals surface area contributed by atoms with Gasteiger partial charge in [0.25, 0.3) is 0 Å². The Bertz CT molecular complexity index is 1130. The molecule has 3 N–H and O–H groups in total. The number of para-hydroxylation sites is 2. The Morgan fingerprint density at radius 3 is 2.48 bits per heavy atom. The van der Waals surface area contributed by atoms with Crippen molar-refractivity contribution >= 4 is 23.5 Å². The van der Waals surface area contributed by atoms with E-state index in [0.717, 1.165) is 10.5 Å². The second kappa shape index (κ2) is 8.19. The lowest BCUT2D eigenvalue weighted by Crippen LogP contribution is -2.59. The number of hydrogen-bond donors (Lipinski definition) is 3. The molecule has 0 spiro atoms. The SMILES string of the molecule is CCC(C)C1(C(=O)O)NC(c2cccc(OC)c2O)C2C(=O)N(c3ccccc3C)C(=O)C21. The standard InChI is InChI=1S/C25H28N2O6/c1-5-14(3)25(24(31)32)19-18(20(26-25)15-10-8-12-17(33-4)21(15)28)22(29)27(23(19)30)16-11-7-6-9-13(16)2/h6-12,14,18-20,26,28H,5H2,1-4H3,(H,31,32). The van der Waals surface area contributed by atoms with Gasteiger partial charge in [-0.05, 0) is 30.5 Å². The highest BCUT2D eigenvalue weighted by Crippen LogP contribution is 2.54. The second-order valence-electron chi connectivity index (χ2n) is 8.81. The van der Waals surface area contributed by atoms with Gasteiger partial charge in [0.05, 0.1) is 24.6 Å². The van der Waals surface area contributed by atoms with Crippen molar-refractivity contribution in [1.82, 2.24) is 5.32 Å². The zero-order valence-electron chi connectivity index (χ0n) is 19.0. The molecule has 174 valence electrons. The maximum Gasteiger partial charge on any atom is 0.325 e. The predicted molar refractivity (Wildman–Crippen MR) is 121 cm³/mol. The monoisotopic (exact) mass is 452 g/mol. The lowest BCUT2D eigenvalue weighted by atomic mass is 9.72. The van der Waals surface area contributed by atoms with Crippen LogP contribution in [-0.4, -0.2) is 40.6 Å². The van der Waals surface area contributed by atoms with Gasteiger partial charge in [0.1, 0.15) is 5.54 Å². The molecule has 8 nitrogen and oxygen atoms in total. The number of carboxylic acids is 1. The number of fused-ring (bicyclic) bond motifs is 1. The van der Waals surface area contributed by atoms with Crippen molar-refractivity contribution in [2.45, 2.75) is 38.8 Å². The van der Waals surface area contributed by atoms with Crippen LogP contribution >= 0.6 is 0 Å². The van der Waals surface area contributed by atoms with Crippen molar-refractivity contribution in [2.75, 3.05) is 12.0 Å². The summed E-state index contributed by atoms with van der Waals surface area (Å²) < 4.78 is 5.22. The first kappa shape index (κ1) is 22.8. The molecule has 5 atom stereocenters. The van der Waals surface area contributed by atoms with Crippen molar-refractivity contribution in [3.8, 4) is 11.5 Å². The molecule has 2 aliphatic heterocycles. The molecule has 2 aliphatic rings. The number of phenolic OH excluding ortho intramolecular Hbond substituents is 1. The number of imide groups is 1. The Morgan fingerprint density at radius 2 is 1.88 bits per heavy atom. The van der Waals surface area contributed by atoms with Crippen LogP contribution in [0.25, 0.3) is 0 Å². The maximum atomic E-state index is 13.8. The van der Waals surface area contributed by atoms with E-state index in [0.29, 0.717) is 17.7 Å². The van der Waals surface area contributed by atoms with Crippen LogP contribution in [0.15, 0.2) is 42.5 Å². The van der Waals surface area contributed by atoms with Crippen molar-refractivity contribution in [1.29, 1.82) is 0 Å². The van der Waals surface area contributed by atoms with Crippen molar-refractivity contribution in [3.05, 3.63) is 53.6 Å². The Balaban J connectivity index is 1.94. The molecule has 0 aromatic heterocycles. The number of aryl methyl sites for hydroxylation is 1. The van der Waals surface area contributed by atoms with Gasteiger partial charge in [-0.3, -0.25) is 19.7 Å². The topological polar surface area (TPSA) is 116 Å². The number of anilines is 1. The molecule has 8 heteroatoms. The maximum absolute atomic E-state index is 13.8. The van der Waals surface area contributed by atoms with Gasteiger partial charge in [0.2, 0.25) is 11.8 Å². The first-order valence-electron chi connectivity index (χ1n) is 11.0. The van der Waals surface area contributed by atoms with Crippen LogP contribution in [0.2, 0.25) is 0 Å². The highest BCUT2D eigenvalue weighted by molar-refractivity contribution is 6.24. The predicted octanol–water partition coefficient (Wildman–Crippen LogP) is 3.03. The summed E-state index contributed by atoms with van der Waals surface area (Å²) in [6.07, 6.45) is 0.477. The molecule has 0 aliphatic carbocycles. The average molecular weight is 453 g/mol. The van der Waals surface area contributed by atoms with Gasteiger partial charge >= 0.3 is 5.97 Å². The Labute approximate surface area is 192 Å². The number of rotatable bonds is 6. The Hall–Kier alpha value is -3.39. The number of methoxy groups -OCH3 is 1. The molecule has 5 unspecified atom stereocenters. The van der Waals surface area contributed by atoms with Crippen molar-refractivity contribution in [3.63, 3.8) is 0 Å². The Morgan fingerprint density at radius 1 is 1.18 bits per heavy atom. The molecule has 33 heavy (non-hydrogen) atoms. The van der Waals surface area contributed by atoms with Crippen molar-refractivity contribution < 1.29 is 29.3 Å². The third-order valence-corrected chi connectivity index (χ3v) is 7.28. The largest absolute Gasteiger partial charge is 0.504 e. The molecule has 0 bridgehead atoms. The van der Waals surface area contributed by atoms with Crippen molar-refractivity contribution in [2.24, 2.45) is 17.8 Å². The van der Waals surface area contributed by atoms with Gasteiger partial charge in [-0.15, -0.1) is 0 Å². The van der Waals surface area contributed by atoms with Crippen LogP contribution in [0.3, 0.4) is 0 Å². The molecule has 2 heterocycles. The summed E-state index contributed by atoms with van der Waals surface area (Å²) in [6, 6.07) is 11.0. The highest BCUT2D eigenvalue weighted by Gasteiger charge is 2.70. The van der Waals surface area contributed by atoms with E-state index in [-0.39, 0.29) is 11.5 Å². The molecular formula is C25H28N2O6. The van der Waals surface area contributed by atoms with E-state index in [4.69, 9.17) is 4.74 Å². The van der Waals surface area contributed by atoms with Gasteiger partial charge in [-0.1, -0.05) is 50.6 Å². The van der Waals surface area contributed by atoms with E-state index in [9.17, 15) is 24.6 Å². The van der Waals surface area contributed by atoms with Crippen LogP contribution in [0.5, 0.6) is 11.5 Å². The van der Waals surface area contributed by atoms with E-state index < -0.39 is 47.1 Å². The molecule has 2 amide bonds. The fraction of sp³-hybridized carbons (Fsp3) is 0.400. The number of carbonyl (C=O) groups excluding carboxylic acids is 2. The van der Waals surface area contributed by atoms with Gasteiger partial charge in [0.15, 0.2) is 11.5 Å². The minimum absolute atomic E-state index is 0.184. The fourth-order valence-electron chi connectivity index (χ4n) is 5.40. The van der Waals surface area contributed by atoms with E-state index in [1.165, 1.54) is 7.11 Å². The first-order valence-corrected chi connectivity index (χ1v) is 11.0. The van der Waals surface area contributed by atoms with Crippen LogP contribution in [0.1, 0.15) is 37.4 Å². The molecule has 2 aromatic rings. The molecule has 0 radical (unpaired) electrons. The summed E-state index contributed by atoms with van der Waals surface area (Å²) in [6.45, 7) is 5.41. The summed E-state index contributed by atoms with van der Waals surface area (Å²) in [4.78, 5) is 41.5. The number of carboxylic acid groups (broad SMARTS) is 1. The number of phenols is 1. The summed E-state index contributed by atoms with van der Waals surface area (Å²) in [5.41, 5.74) is -0.177. The molecule has 2 aromatic carbocycles. The number of nitrogens with one attached hydrogen (secondary N) is 1. The smallest absolute Gasteiger partial charge is 0.325 e. The molecule has 4 rings (SSSR count). The van der Waals surface area contributed by atoms with Gasteiger partial charge in [0, 0.05) is 11.6 Å². The number of nitrogens with zero attached hydrogens (tertiary/aromatic N) is 1. The van der Waals surface area contributed by atoms with E-state index in [1.54, 1.807) is 50.2 Å². The molecular weight excluding hydrogens is 424 g/mol. The van der Waals surface area contributed by atoms with Gasteiger partial charge in [-0.25, -0.2) is 4.90 Å². The zero-order chi connectivity index (χ0) is 24.1. The zero-order valence-corrected chi connectivity index (χ0v) is 19.0. The van der Waals surface area contributed by atoms with E-state index in [1.807, 2.05) is 13.0 Å². The normalized spacial score (nSPS) is 27.5. The summed E-state index contributed by atoms with van der Waals surface area (Å²) in [5.74, 6) is -4.79. The molecule has 2 fully saturated rings. The lowest BCUT2D eigenvalue weighted by Gasteiger charge is -2.36. The summed E-state index contributed by atoms with van der Waals surface area (Å²) in [7, 11) is 1.41. The second-order valence-corrected chi connectivity index (χ2v) is 8.81. The first-order chi connectivity index (χ1) is 15.7. The van der Waals surface area contributed by atoms with Crippen LogP contribution < -0.4 is 15.0 Å². The third-order valence-electron chi connectivity index (χ3n) is 7.28. The van der Waals surface area contributed by atoms with Crippen LogP contribution in [-0.2, 0) is 14.4 Å². The minimum Gasteiger partial charge on any atom is -0.504 e. The number of amides is 2. The van der Waals surface area contributed by atoms with Crippen LogP contribution in [0.4, 0.5) is 5.69 Å². The fourth-order valence-corrected chi connectivity index (χ4v) is 5.40.